The normalized spacial score (nSPS) is 38.4. The highest BCUT2D eigenvalue weighted by Crippen LogP contribution is 2.48. The molecule has 3 atom stereocenters. The molecule has 3 unspecified atom stereocenters. The van der Waals surface area contributed by atoms with Crippen LogP contribution in [-0.2, 0) is 0 Å². The lowest BCUT2D eigenvalue weighted by Crippen LogP contribution is -2.40. The highest BCUT2D eigenvalue weighted by atomic mass is 14.8. The maximum absolute atomic E-state index is 3.48. The first-order chi connectivity index (χ1) is 9.95. The van der Waals surface area contributed by atoms with Crippen molar-refractivity contribution in [2.45, 2.75) is 79.1 Å². The van der Waals surface area contributed by atoms with E-state index >= 15 is 0 Å². The van der Waals surface area contributed by atoms with Crippen LogP contribution in [0.25, 0.3) is 0 Å². The molecule has 124 valence electrons. The molecule has 2 fully saturated rings. The van der Waals surface area contributed by atoms with Crippen LogP contribution in [0.3, 0.4) is 0 Å². The smallest absolute Gasteiger partial charge is 0.00208 e. The zero-order valence-electron chi connectivity index (χ0n) is 15.3. The van der Waals surface area contributed by atoms with Crippen LogP contribution in [0, 0.1) is 35.0 Å². The van der Waals surface area contributed by atoms with Crippen LogP contribution in [0.15, 0.2) is 0 Å². The van der Waals surface area contributed by atoms with Crippen LogP contribution in [0.2, 0.25) is 0 Å². The van der Waals surface area contributed by atoms with Crippen LogP contribution in [0.1, 0.15) is 79.1 Å². The van der Waals surface area contributed by atoms with E-state index < -0.39 is 0 Å². The average molecular weight is 294 g/mol. The quantitative estimate of drug-likeness (QED) is 0.721. The summed E-state index contributed by atoms with van der Waals surface area (Å²) in [4.78, 5) is 0. The Kier molecular flexibility index (Phi) is 6.17. The third kappa shape index (κ3) is 4.47. The van der Waals surface area contributed by atoms with Crippen molar-refractivity contribution in [1.82, 2.24) is 5.32 Å². The lowest BCUT2D eigenvalue weighted by Gasteiger charge is -2.46. The van der Waals surface area contributed by atoms with Gasteiger partial charge in [0, 0.05) is 0 Å². The second kappa shape index (κ2) is 7.49. The molecular weight excluding hydrogens is 254 g/mol. The Morgan fingerprint density at radius 3 is 2.14 bits per heavy atom. The summed E-state index contributed by atoms with van der Waals surface area (Å²) in [5.74, 6) is 4.94. The fourth-order valence-corrected chi connectivity index (χ4v) is 5.17. The molecular formula is C20H39N. The van der Waals surface area contributed by atoms with Gasteiger partial charge in [0.1, 0.15) is 0 Å². The van der Waals surface area contributed by atoms with Gasteiger partial charge in [-0.15, -0.1) is 0 Å². The molecule has 0 aromatic carbocycles. The van der Waals surface area contributed by atoms with E-state index in [0.717, 1.165) is 29.6 Å². The van der Waals surface area contributed by atoms with E-state index in [1.54, 1.807) is 0 Å². The summed E-state index contributed by atoms with van der Waals surface area (Å²) < 4.78 is 0. The standard InChI is InChI=1S/C20H39N/c1-6-15-7-9-16(10-8-15)19-13-18(20(2,3)4)12-11-17(19)14-21-5/h15-19,21H,6-14H2,1-5H3. The minimum atomic E-state index is 0.503. The molecule has 2 aliphatic rings. The van der Waals surface area contributed by atoms with Gasteiger partial charge in [0.05, 0.1) is 0 Å². The van der Waals surface area contributed by atoms with Gasteiger partial charge in [0.15, 0.2) is 0 Å². The lowest BCUT2D eigenvalue weighted by atomic mass is 9.60. The van der Waals surface area contributed by atoms with Gasteiger partial charge in [-0.3, -0.25) is 0 Å². The van der Waals surface area contributed by atoms with Crippen molar-refractivity contribution in [3.63, 3.8) is 0 Å². The van der Waals surface area contributed by atoms with Crippen LogP contribution in [-0.4, -0.2) is 13.6 Å². The summed E-state index contributed by atoms with van der Waals surface area (Å²) in [6.07, 6.45) is 11.9. The lowest BCUT2D eigenvalue weighted by molar-refractivity contribution is 0.0450. The molecule has 0 bridgehead atoms. The van der Waals surface area contributed by atoms with Crippen LogP contribution < -0.4 is 5.32 Å². The summed E-state index contributed by atoms with van der Waals surface area (Å²) in [7, 11) is 2.14. The molecule has 0 aromatic heterocycles. The second-order valence-electron chi connectivity index (χ2n) is 9.05. The Morgan fingerprint density at radius 1 is 0.952 bits per heavy atom. The van der Waals surface area contributed by atoms with Gasteiger partial charge in [0.2, 0.25) is 0 Å². The molecule has 1 heteroatoms. The van der Waals surface area contributed by atoms with E-state index in [9.17, 15) is 0 Å². The summed E-state index contributed by atoms with van der Waals surface area (Å²) in [5.41, 5.74) is 0.503. The zero-order chi connectivity index (χ0) is 15.5. The van der Waals surface area contributed by atoms with Gasteiger partial charge in [-0.05, 0) is 80.7 Å². The first-order valence-electron chi connectivity index (χ1n) is 9.60. The predicted molar refractivity (Wildman–Crippen MR) is 93.4 cm³/mol. The van der Waals surface area contributed by atoms with Crippen molar-refractivity contribution in [3.05, 3.63) is 0 Å². The molecule has 1 nitrogen and oxygen atoms in total. The summed E-state index contributed by atoms with van der Waals surface area (Å²) in [6.45, 7) is 11.0. The van der Waals surface area contributed by atoms with Crippen molar-refractivity contribution < 1.29 is 0 Å². The molecule has 2 rings (SSSR count). The third-order valence-corrected chi connectivity index (χ3v) is 6.81. The molecule has 0 aliphatic heterocycles. The fraction of sp³-hybridized carbons (Fsp3) is 1.00. The topological polar surface area (TPSA) is 12.0 Å². The van der Waals surface area contributed by atoms with E-state index in [-0.39, 0.29) is 0 Å². The molecule has 0 radical (unpaired) electrons. The second-order valence-corrected chi connectivity index (χ2v) is 9.05. The Labute approximate surface area is 133 Å². The van der Waals surface area contributed by atoms with E-state index in [1.807, 2.05) is 0 Å². The van der Waals surface area contributed by atoms with E-state index in [4.69, 9.17) is 0 Å². The minimum Gasteiger partial charge on any atom is -0.319 e. The van der Waals surface area contributed by atoms with Crippen LogP contribution in [0.4, 0.5) is 0 Å². The largest absolute Gasteiger partial charge is 0.319 e. The molecule has 0 aromatic rings. The van der Waals surface area contributed by atoms with E-state index in [1.165, 1.54) is 57.9 Å². The predicted octanol–water partition coefficient (Wildman–Crippen LogP) is 5.50. The number of hydrogen-bond acceptors (Lipinski definition) is 1. The molecule has 1 N–H and O–H groups in total. The molecule has 0 amide bonds. The average Bonchev–Trinajstić information content (AvgIpc) is 2.47. The van der Waals surface area contributed by atoms with Crippen molar-refractivity contribution in [2.24, 2.45) is 35.0 Å². The van der Waals surface area contributed by atoms with Gasteiger partial charge >= 0.3 is 0 Å². The zero-order valence-corrected chi connectivity index (χ0v) is 15.3. The Balaban J connectivity index is 2.00. The number of rotatable bonds is 4. The van der Waals surface area contributed by atoms with E-state index in [2.05, 4.69) is 40.1 Å². The van der Waals surface area contributed by atoms with Gasteiger partial charge in [-0.1, -0.05) is 47.0 Å². The third-order valence-electron chi connectivity index (χ3n) is 6.81. The van der Waals surface area contributed by atoms with Crippen LogP contribution in [0.5, 0.6) is 0 Å². The van der Waals surface area contributed by atoms with Crippen molar-refractivity contribution in [1.29, 1.82) is 0 Å². The van der Waals surface area contributed by atoms with Crippen molar-refractivity contribution in [3.8, 4) is 0 Å². The molecule has 0 spiro atoms. The highest BCUT2D eigenvalue weighted by molar-refractivity contribution is 4.90. The molecule has 21 heavy (non-hydrogen) atoms. The van der Waals surface area contributed by atoms with Gasteiger partial charge in [0.25, 0.3) is 0 Å². The summed E-state index contributed by atoms with van der Waals surface area (Å²) in [6, 6.07) is 0. The Bertz CT molecular complexity index is 295. The van der Waals surface area contributed by atoms with Crippen LogP contribution >= 0.6 is 0 Å². The number of hydrogen-bond donors (Lipinski definition) is 1. The highest BCUT2D eigenvalue weighted by Gasteiger charge is 2.39. The van der Waals surface area contributed by atoms with Gasteiger partial charge < -0.3 is 5.32 Å². The maximum atomic E-state index is 3.48. The molecule has 2 saturated carbocycles. The molecule has 0 saturated heterocycles. The van der Waals surface area contributed by atoms with Gasteiger partial charge in [-0.2, -0.15) is 0 Å². The first-order valence-corrected chi connectivity index (χ1v) is 9.60. The fourth-order valence-electron chi connectivity index (χ4n) is 5.17. The summed E-state index contributed by atoms with van der Waals surface area (Å²) in [5, 5.41) is 3.48. The van der Waals surface area contributed by atoms with Gasteiger partial charge in [-0.25, -0.2) is 0 Å². The first kappa shape index (κ1) is 17.3. The molecule has 0 heterocycles. The van der Waals surface area contributed by atoms with Crippen molar-refractivity contribution in [2.75, 3.05) is 13.6 Å². The summed E-state index contributed by atoms with van der Waals surface area (Å²) >= 11 is 0. The number of nitrogens with one attached hydrogen (secondary N) is 1. The Morgan fingerprint density at radius 2 is 1.62 bits per heavy atom. The minimum absolute atomic E-state index is 0.503. The Hall–Kier alpha value is -0.0400. The van der Waals surface area contributed by atoms with Crippen molar-refractivity contribution >= 4 is 0 Å². The molecule has 2 aliphatic carbocycles. The van der Waals surface area contributed by atoms with E-state index in [0.29, 0.717) is 5.41 Å². The maximum Gasteiger partial charge on any atom is -0.00208 e. The monoisotopic (exact) mass is 293 g/mol. The SMILES string of the molecule is CCC1CCC(C2CC(C(C)(C)C)CCC2CNC)CC1.